The number of amides is 1. The maximum atomic E-state index is 13.0. The van der Waals surface area contributed by atoms with Crippen LogP contribution in [0.5, 0.6) is 0 Å². The van der Waals surface area contributed by atoms with Crippen LogP contribution in [0.25, 0.3) is 10.9 Å². The molecule has 4 rings (SSSR count). The summed E-state index contributed by atoms with van der Waals surface area (Å²) in [6.45, 7) is 4.69. The molecular formula is C25H24N2O3. The Morgan fingerprint density at radius 3 is 2.50 bits per heavy atom. The predicted octanol–water partition coefficient (Wildman–Crippen LogP) is 4.62. The van der Waals surface area contributed by atoms with Crippen LogP contribution in [-0.2, 0) is 13.0 Å². The topological polar surface area (TPSA) is 66.3 Å². The number of nitrogens with zero attached hydrogens (tertiary/aromatic N) is 1. The van der Waals surface area contributed by atoms with Gasteiger partial charge in [-0.15, -0.1) is 0 Å². The summed E-state index contributed by atoms with van der Waals surface area (Å²) in [4.78, 5) is 30.5. The average Bonchev–Trinajstić information content (AvgIpc) is 3.30. The van der Waals surface area contributed by atoms with Crippen molar-refractivity contribution in [2.45, 2.75) is 26.8 Å². The van der Waals surface area contributed by atoms with Crippen molar-refractivity contribution in [3.63, 3.8) is 0 Å². The molecule has 0 saturated heterocycles. The zero-order chi connectivity index (χ0) is 21.1. The summed E-state index contributed by atoms with van der Waals surface area (Å²) in [5.74, 6) is 0.0451. The van der Waals surface area contributed by atoms with Gasteiger partial charge in [0.05, 0.1) is 18.3 Å². The average molecular weight is 400 g/mol. The summed E-state index contributed by atoms with van der Waals surface area (Å²) < 4.78 is 5.32. The molecule has 0 radical (unpaired) electrons. The number of H-pyrrole nitrogens is 1. The molecule has 5 heteroatoms. The van der Waals surface area contributed by atoms with Crippen LogP contribution >= 0.6 is 0 Å². The van der Waals surface area contributed by atoms with E-state index in [-0.39, 0.29) is 23.8 Å². The Morgan fingerprint density at radius 1 is 1.00 bits per heavy atom. The SMILES string of the molecule is Cc1ccc(C)c2[nH]c(=O)c(CN(CCc3ccccc3)C(=O)c3ccco3)cc12. The lowest BCUT2D eigenvalue weighted by molar-refractivity contribution is 0.0712. The summed E-state index contributed by atoms with van der Waals surface area (Å²) in [5, 5.41) is 0.998. The lowest BCUT2D eigenvalue weighted by Gasteiger charge is -2.22. The number of aryl methyl sites for hydroxylation is 2. The smallest absolute Gasteiger partial charge is 0.289 e. The molecule has 30 heavy (non-hydrogen) atoms. The van der Waals surface area contributed by atoms with Gasteiger partial charge in [0.25, 0.3) is 11.5 Å². The van der Waals surface area contributed by atoms with Crippen LogP contribution in [0.4, 0.5) is 0 Å². The lowest BCUT2D eigenvalue weighted by atomic mass is 10.0. The number of pyridine rings is 1. The summed E-state index contributed by atoms with van der Waals surface area (Å²) in [6.07, 6.45) is 2.18. The number of hydrogen-bond donors (Lipinski definition) is 1. The number of benzene rings is 2. The summed E-state index contributed by atoms with van der Waals surface area (Å²) >= 11 is 0. The van der Waals surface area contributed by atoms with Crippen LogP contribution in [0, 0.1) is 13.8 Å². The first-order valence-corrected chi connectivity index (χ1v) is 10.0. The highest BCUT2D eigenvalue weighted by molar-refractivity contribution is 5.91. The third-order valence-corrected chi connectivity index (χ3v) is 5.41. The van der Waals surface area contributed by atoms with Crippen LogP contribution in [0.2, 0.25) is 0 Å². The molecule has 0 aliphatic carbocycles. The minimum atomic E-state index is -0.226. The molecule has 0 aliphatic rings. The third-order valence-electron chi connectivity index (χ3n) is 5.41. The fourth-order valence-corrected chi connectivity index (χ4v) is 3.66. The molecule has 0 aliphatic heterocycles. The van der Waals surface area contributed by atoms with Gasteiger partial charge in [-0.05, 0) is 55.2 Å². The van der Waals surface area contributed by atoms with Crippen molar-refractivity contribution in [2.75, 3.05) is 6.54 Å². The van der Waals surface area contributed by atoms with Crippen molar-refractivity contribution < 1.29 is 9.21 Å². The molecule has 2 aromatic carbocycles. The zero-order valence-corrected chi connectivity index (χ0v) is 17.1. The second-order valence-electron chi connectivity index (χ2n) is 7.55. The number of furan rings is 1. The zero-order valence-electron chi connectivity index (χ0n) is 17.1. The molecule has 0 atom stereocenters. The first-order chi connectivity index (χ1) is 14.5. The number of nitrogens with one attached hydrogen (secondary N) is 1. The van der Waals surface area contributed by atoms with E-state index in [0.29, 0.717) is 18.5 Å². The van der Waals surface area contributed by atoms with Crippen molar-refractivity contribution >= 4 is 16.8 Å². The molecule has 152 valence electrons. The first-order valence-electron chi connectivity index (χ1n) is 10.0. The molecule has 4 aromatic rings. The summed E-state index contributed by atoms with van der Waals surface area (Å²) in [5.41, 5.74) is 4.47. The molecule has 1 N–H and O–H groups in total. The van der Waals surface area contributed by atoms with E-state index in [0.717, 1.165) is 27.6 Å². The normalized spacial score (nSPS) is 11.0. The van der Waals surface area contributed by atoms with Crippen LogP contribution < -0.4 is 5.56 Å². The van der Waals surface area contributed by atoms with E-state index in [4.69, 9.17) is 4.42 Å². The number of fused-ring (bicyclic) bond motifs is 1. The fraction of sp³-hybridized carbons (Fsp3) is 0.200. The molecular weight excluding hydrogens is 376 g/mol. The molecule has 0 spiro atoms. The van der Waals surface area contributed by atoms with E-state index in [1.807, 2.05) is 62.4 Å². The molecule has 0 bridgehead atoms. The van der Waals surface area contributed by atoms with Gasteiger partial charge in [0.15, 0.2) is 5.76 Å². The Hall–Kier alpha value is -3.60. The number of carbonyl (C=O) groups is 1. The minimum Gasteiger partial charge on any atom is -0.459 e. The van der Waals surface area contributed by atoms with Gasteiger partial charge in [0.1, 0.15) is 0 Å². The highest BCUT2D eigenvalue weighted by Gasteiger charge is 2.20. The van der Waals surface area contributed by atoms with E-state index in [9.17, 15) is 9.59 Å². The lowest BCUT2D eigenvalue weighted by Crippen LogP contribution is -2.34. The van der Waals surface area contributed by atoms with E-state index in [1.54, 1.807) is 17.0 Å². The van der Waals surface area contributed by atoms with Crippen molar-refractivity contribution in [3.8, 4) is 0 Å². The van der Waals surface area contributed by atoms with Crippen molar-refractivity contribution in [2.24, 2.45) is 0 Å². The van der Waals surface area contributed by atoms with Gasteiger partial charge >= 0.3 is 0 Å². The monoisotopic (exact) mass is 400 g/mol. The largest absolute Gasteiger partial charge is 0.459 e. The van der Waals surface area contributed by atoms with Gasteiger partial charge in [-0.1, -0.05) is 42.5 Å². The third kappa shape index (κ3) is 4.06. The van der Waals surface area contributed by atoms with E-state index in [2.05, 4.69) is 4.98 Å². The maximum absolute atomic E-state index is 13.0. The van der Waals surface area contributed by atoms with Gasteiger partial charge in [0, 0.05) is 17.5 Å². The second-order valence-corrected chi connectivity index (χ2v) is 7.55. The van der Waals surface area contributed by atoms with Gasteiger partial charge in [-0.3, -0.25) is 9.59 Å². The van der Waals surface area contributed by atoms with E-state index < -0.39 is 0 Å². The second kappa shape index (κ2) is 8.41. The van der Waals surface area contributed by atoms with Crippen molar-refractivity contribution in [1.29, 1.82) is 0 Å². The number of aromatic amines is 1. The highest BCUT2D eigenvalue weighted by atomic mass is 16.3. The Balaban J connectivity index is 1.67. The van der Waals surface area contributed by atoms with Crippen molar-refractivity contribution in [3.05, 3.63) is 105 Å². The quantitative estimate of drug-likeness (QED) is 0.513. The number of carbonyl (C=O) groups excluding carboxylic acids is 1. The van der Waals surface area contributed by atoms with Crippen LogP contribution in [-0.4, -0.2) is 22.3 Å². The molecule has 2 aromatic heterocycles. The molecule has 2 heterocycles. The first kappa shape index (κ1) is 19.7. The number of hydrogen-bond acceptors (Lipinski definition) is 3. The summed E-state index contributed by atoms with van der Waals surface area (Å²) in [7, 11) is 0. The Bertz CT molecular complexity index is 1220. The Kier molecular flexibility index (Phi) is 5.53. The van der Waals surface area contributed by atoms with Crippen molar-refractivity contribution in [1.82, 2.24) is 9.88 Å². The molecule has 0 fully saturated rings. The predicted molar refractivity (Wildman–Crippen MR) is 118 cm³/mol. The fourth-order valence-electron chi connectivity index (χ4n) is 3.66. The summed E-state index contributed by atoms with van der Waals surface area (Å²) in [6, 6.07) is 19.3. The van der Waals surface area contributed by atoms with Gasteiger partial charge in [0.2, 0.25) is 0 Å². The number of aromatic nitrogens is 1. The van der Waals surface area contributed by atoms with E-state index >= 15 is 0 Å². The van der Waals surface area contributed by atoms with Gasteiger partial charge in [-0.25, -0.2) is 0 Å². The highest BCUT2D eigenvalue weighted by Crippen LogP contribution is 2.20. The Morgan fingerprint density at radius 2 is 1.77 bits per heavy atom. The van der Waals surface area contributed by atoms with Crippen LogP contribution in [0.15, 0.2) is 76.1 Å². The van der Waals surface area contributed by atoms with Gasteiger partial charge < -0.3 is 14.3 Å². The standard InChI is InChI=1S/C25H24N2O3/c1-17-10-11-18(2)23-21(17)15-20(24(28)26-23)16-27(25(29)22-9-6-14-30-22)13-12-19-7-4-3-5-8-19/h3-11,14-15H,12-13,16H2,1-2H3,(H,26,28). The number of rotatable bonds is 6. The van der Waals surface area contributed by atoms with Crippen LogP contribution in [0.3, 0.4) is 0 Å². The van der Waals surface area contributed by atoms with E-state index in [1.165, 1.54) is 6.26 Å². The maximum Gasteiger partial charge on any atom is 0.289 e. The molecule has 0 saturated carbocycles. The molecule has 5 nitrogen and oxygen atoms in total. The van der Waals surface area contributed by atoms with Gasteiger partial charge in [-0.2, -0.15) is 0 Å². The molecule has 1 amide bonds. The van der Waals surface area contributed by atoms with Crippen LogP contribution in [0.1, 0.15) is 32.8 Å². The molecule has 0 unspecified atom stereocenters. The minimum absolute atomic E-state index is 0.173. The Labute approximate surface area is 175 Å².